The van der Waals surface area contributed by atoms with Crippen LogP contribution in [-0.4, -0.2) is 55.5 Å². The second kappa shape index (κ2) is 16.2. The molecule has 2 aromatic rings. The van der Waals surface area contributed by atoms with Crippen LogP contribution in [0.2, 0.25) is 5.02 Å². The number of carbonyl (C=O) groups excluding carboxylic acids is 3. The van der Waals surface area contributed by atoms with Gasteiger partial charge in [-0.3, -0.25) is 14.4 Å². The number of ether oxygens (including phenoxy) is 1. The van der Waals surface area contributed by atoms with Crippen LogP contribution in [0.3, 0.4) is 0 Å². The zero-order valence-electron chi connectivity index (χ0n) is 23.4. The Balaban J connectivity index is 1.87. The van der Waals surface area contributed by atoms with Crippen molar-refractivity contribution < 1.29 is 19.1 Å². The molecular formula is C30H40ClIN4O4. The molecule has 0 saturated carbocycles. The molecule has 3 atom stereocenters. The lowest BCUT2D eigenvalue weighted by Gasteiger charge is -2.27. The van der Waals surface area contributed by atoms with Crippen LogP contribution in [0.5, 0.6) is 5.75 Å². The third-order valence-corrected chi connectivity index (χ3v) is 8.38. The Hall–Kier alpha value is -2.37. The van der Waals surface area contributed by atoms with Crippen molar-refractivity contribution in [3.63, 3.8) is 0 Å². The van der Waals surface area contributed by atoms with E-state index in [0.29, 0.717) is 37.6 Å². The number of halogens is 2. The first kappa shape index (κ1) is 32.1. The van der Waals surface area contributed by atoms with Crippen LogP contribution in [0.15, 0.2) is 42.5 Å². The van der Waals surface area contributed by atoms with E-state index < -0.39 is 18.1 Å². The van der Waals surface area contributed by atoms with E-state index in [1.54, 1.807) is 0 Å². The van der Waals surface area contributed by atoms with Crippen molar-refractivity contribution in [3.8, 4) is 5.75 Å². The Labute approximate surface area is 255 Å². The molecule has 40 heavy (non-hydrogen) atoms. The lowest BCUT2D eigenvalue weighted by atomic mass is 10.00. The van der Waals surface area contributed by atoms with Gasteiger partial charge in [-0.25, -0.2) is 0 Å². The molecule has 3 rings (SSSR count). The second-order valence-electron chi connectivity index (χ2n) is 10.4. The molecule has 0 radical (unpaired) electrons. The summed E-state index contributed by atoms with van der Waals surface area (Å²) in [6.07, 6.45) is 3.12. The Morgan fingerprint density at radius 1 is 1.00 bits per heavy atom. The predicted octanol–water partition coefficient (Wildman–Crippen LogP) is 4.01. The second-order valence-corrected chi connectivity index (χ2v) is 12.0. The monoisotopic (exact) mass is 682 g/mol. The van der Waals surface area contributed by atoms with E-state index in [1.165, 1.54) is 0 Å². The smallest absolute Gasteiger partial charge is 0.243 e. The summed E-state index contributed by atoms with van der Waals surface area (Å²) in [5.74, 6) is -0.267. The van der Waals surface area contributed by atoms with Crippen LogP contribution in [-0.2, 0) is 27.2 Å². The van der Waals surface area contributed by atoms with Gasteiger partial charge >= 0.3 is 0 Å². The number of fused-ring (bicyclic) bond motifs is 1. The molecule has 0 bridgehead atoms. The number of carbonyl (C=O) groups is 3. The fourth-order valence-electron chi connectivity index (χ4n) is 4.63. The molecule has 1 aliphatic rings. The van der Waals surface area contributed by atoms with Crippen molar-refractivity contribution in [3.05, 3.63) is 62.2 Å². The highest BCUT2D eigenvalue weighted by molar-refractivity contribution is 14.1. The Morgan fingerprint density at radius 3 is 2.50 bits per heavy atom. The zero-order chi connectivity index (χ0) is 29.1. The van der Waals surface area contributed by atoms with Crippen molar-refractivity contribution in [2.24, 2.45) is 5.92 Å². The molecule has 0 fully saturated rings. The van der Waals surface area contributed by atoms with Crippen LogP contribution < -0.4 is 26.0 Å². The average Bonchev–Trinajstić information content (AvgIpc) is 2.92. The fourth-order valence-corrected chi connectivity index (χ4v) is 5.32. The summed E-state index contributed by atoms with van der Waals surface area (Å²) in [6, 6.07) is 11.5. The highest BCUT2D eigenvalue weighted by Crippen LogP contribution is 2.21. The van der Waals surface area contributed by atoms with Crippen molar-refractivity contribution in [2.75, 3.05) is 19.7 Å². The quantitative estimate of drug-likeness (QED) is 0.357. The minimum absolute atomic E-state index is 0.183. The lowest BCUT2D eigenvalue weighted by molar-refractivity contribution is -0.133. The molecule has 0 aromatic heterocycles. The van der Waals surface area contributed by atoms with Gasteiger partial charge < -0.3 is 26.0 Å². The maximum absolute atomic E-state index is 13.6. The molecule has 3 amide bonds. The summed E-state index contributed by atoms with van der Waals surface area (Å²) in [4.78, 5) is 39.9. The number of nitrogens with one attached hydrogen (secondary N) is 4. The molecule has 1 heterocycles. The van der Waals surface area contributed by atoms with E-state index in [-0.39, 0.29) is 23.6 Å². The number of hydrogen-bond acceptors (Lipinski definition) is 5. The Morgan fingerprint density at radius 2 is 1.77 bits per heavy atom. The van der Waals surface area contributed by atoms with Crippen LogP contribution in [0.4, 0.5) is 0 Å². The van der Waals surface area contributed by atoms with Crippen LogP contribution >= 0.6 is 34.2 Å². The van der Waals surface area contributed by atoms with Crippen LogP contribution in [0.25, 0.3) is 0 Å². The lowest BCUT2D eigenvalue weighted by Crippen LogP contribution is -2.58. The Kier molecular flexibility index (Phi) is 13.0. The van der Waals surface area contributed by atoms with E-state index in [0.717, 1.165) is 39.7 Å². The number of amides is 3. The van der Waals surface area contributed by atoms with Crippen molar-refractivity contribution in [2.45, 2.75) is 71.0 Å². The van der Waals surface area contributed by atoms with Crippen LogP contribution in [0, 0.1) is 9.49 Å². The summed E-state index contributed by atoms with van der Waals surface area (Å²) in [6.45, 7) is 7.01. The Bertz CT molecular complexity index is 1160. The van der Waals surface area contributed by atoms with Crippen molar-refractivity contribution in [1.29, 1.82) is 0 Å². The van der Waals surface area contributed by atoms with E-state index in [1.807, 2.05) is 63.2 Å². The minimum Gasteiger partial charge on any atom is -0.492 e. The van der Waals surface area contributed by atoms with Gasteiger partial charge in [0.2, 0.25) is 17.7 Å². The van der Waals surface area contributed by atoms with Gasteiger partial charge in [0.25, 0.3) is 0 Å². The standard InChI is InChI=1S/C30H40ClIN4O4/c1-4-8-24-28(37)34-14-7-10-21-9-5-6-11-26(21)40-16-15-33-25(18-20-12-13-22(31)23(32)17-20)29(38)36-27(19(2)3)30(39)35-24/h5-6,9,11-13,17,19,24-25,27,33H,4,7-8,10,14-16,18H2,1-3H3,(H,34,37)(H,35,39)(H,36,38)/t24-,25+,27+/m0/s1. The first-order valence-corrected chi connectivity index (χ1v) is 15.4. The minimum atomic E-state index is -0.795. The molecule has 4 N–H and O–H groups in total. The maximum atomic E-state index is 13.6. The largest absolute Gasteiger partial charge is 0.492 e. The van der Waals surface area contributed by atoms with E-state index >= 15 is 0 Å². The third kappa shape index (κ3) is 9.62. The van der Waals surface area contributed by atoms with Gasteiger partial charge in [0, 0.05) is 16.7 Å². The summed E-state index contributed by atoms with van der Waals surface area (Å²) >= 11 is 8.38. The number of aryl methyl sites for hydroxylation is 1. The summed E-state index contributed by atoms with van der Waals surface area (Å²) in [5, 5.41) is 12.8. The normalized spacial score (nSPS) is 21.8. The molecule has 10 heteroatoms. The highest BCUT2D eigenvalue weighted by Gasteiger charge is 2.30. The summed E-state index contributed by atoms with van der Waals surface area (Å²) < 4.78 is 6.98. The van der Waals surface area contributed by atoms with Crippen LogP contribution in [0.1, 0.15) is 51.2 Å². The molecule has 0 unspecified atom stereocenters. The molecule has 0 spiro atoms. The van der Waals surface area contributed by atoms with Gasteiger partial charge in [-0.15, -0.1) is 0 Å². The molecule has 2 aromatic carbocycles. The predicted molar refractivity (Wildman–Crippen MR) is 167 cm³/mol. The number of para-hydroxylation sites is 1. The topological polar surface area (TPSA) is 109 Å². The molecule has 1 aliphatic heterocycles. The number of hydrogen-bond donors (Lipinski definition) is 4. The zero-order valence-corrected chi connectivity index (χ0v) is 26.3. The molecule has 8 nitrogen and oxygen atoms in total. The van der Waals surface area contributed by atoms with Crippen molar-refractivity contribution >= 4 is 51.9 Å². The van der Waals surface area contributed by atoms with E-state index in [9.17, 15) is 14.4 Å². The van der Waals surface area contributed by atoms with Gasteiger partial charge in [-0.1, -0.05) is 63.1 Å². The molecule has 0 aliphatic carbocycles. The van der Waals surface area contributed by atoms with Gasteiger partial charge in [-0.05, 0) is 83.5 Å². The van der Waals surface area contributed by atoms with Crippen molar-refractivity contribution in [1.82, 2.24) is 21.3 Å². The number of rotatable bonds is 5. The van der Waals surface area contributed by atoms with Gasteiger partial charge in [0.05, 0.1) is 11.1 Å². The third-order valence-electron chi connectivity index (χ3n) is 6.84. The fraction of sp³-hybridized carbons (Fsp3) is 0.500. The maximum Gasteiger partial charge on any atom is 0.243 e. The van der Waals surface area contributed by atoms with E-state index in [2.05, 4.69) is 43.9 Å². The molecule has 0 saturated heterocycles. The van der Waals surface area contributed by atoms with Gasteiger partial charge in [-0.2, -0.15) is 0 Å². The van der Waals surface area contributed by atoms with E-state index in [4.69, 9.17) is 16.3 Å². The molecule has 218 valence electrons. The first-order chi connectivity index (χ1) is 19.2. The molecular weight excluding hydrogens is 643 g/mol. The summed E-state index contributed by atoms with van der Waals surface area (Å²) in [5.41, 5.74) is 2.00. The first-order valence-electron chi connectivity index (χ1n) is 14.0. The average molecular weight is 683 g/mol. The highest BCUT2D eigenvalue weighted by atomic mass is 127. The SMILES string of the molecule is CCC[C@@H]1NC(=O)[C@@H](C(C)C)NC(=O)[C@@H](Cc2ccc(Cl)c(I)c2)NCCOc2ccccc2CCCNC1=O. The van der Waals surface area contributed by atoms with Gasteiger partial charge in [0.1, 0.15) is 24.4 Å². The van der Waals surface area contributed by atoms with Gasteiger partial charge in [0.15, 0.2) is 0 Å². The summed E-state index contributed by atoms with van der Waals surface area (Å²) in [7, 11) is 0. The number of benzene rings is 2.